The van der Waals surface area contributed by atoms with Crippen molar-refractivity contribution in [3.8, 4) is 0 Å². The summed E-state index contributed by atoms with van der Waals surface area (Å²) in [6.07, 6.45) is 8.60. The number of hydrogen-bond donors (Lipinski definition) is 2. The predicted molar refractivity (Wildman–Crippen MR) is 85.5 cm³/mol. The first-order valence-electron chi connectivity index (χ1n) is 8.83. The molecule has 0 aromatic heterocycles. The second-order valence-corrected chi connectivity index (χ2v) is 6.95. The second-order valence-electron chi connectivity index (χ2n) is 6.95. The SMILES string of the molecule is CCCNC1(C(=O)O)CCCC(N2CCC(CC)CC2)C1. The number of aliphatic carboxylic acids is 1. The fraction of sp³-hybridized carbons (Fsp3) is 0.941. The third kappa shape index (κ3) is 3.98. The highest BCUT2D eigenvalue weighted by atomic mass is 16.4. The van der Waals surface area contributed by atoms with E-state index in [2.05, 4.69) is 24.1 Å². The van der Waals surface area contributed by atoms with Crippen LogP contribution in [0.5, 0.6) is 0 Å². The molecule has 0 aromatic carbocycles. The van der Waals surface area contributed by atoms with Crippen molar-refractivity contribution in [2.75, 3.05) is 19.6 Å². The summed E-state index contributed by atoms with van der Waals surface area (Å²) in [6.45, 7) is 7.50. The van der Waals surface area contributed by atoms with Crippen LogP contribution in [0.15, 0.2) is 0 Å². The summed E-state index contributed by atoms with van der Waals surface area (Å²) in [4.78, 5) is 14.4. The van der Waals surface area contributed by atoms with Crippen molar-refractivity contribution in [1.29, 1.82) is 0 Å². The topological polar surface area (TPSA) is 52.6 Å². The van der Waals surface area contributed by atoms with Gasteiger partial charge in [-0.1, -0.05) is 20.3 Å². The first-order chi connectivity index (χ1) is 10.1. The van der Waals surface area contributed by atoms with Crippen LogP contribution < -0.4 is 5.32 Å². The summed E-state index contributed by atoms with van der Waals surface area (Å²) in [5, 5.41) is 13.1. The van der Waals surface area contributed by atoms with Crippen molar-refractivity contribution in [1.82, 2.24) is 10.2 Å². The summed E-state index contributed by atoms with van der Waals surface area (Å²) in [7, 11) is 0. The number of rotatable bonds is 6. The molecular weight excluding hydrogens is 264 g/mol. The van der Waals surface area contributed by atoms with E-state index >= 15 is 0 Å². The minimum Gasteiger partial charge on any atom is -0.480 e. The van der Waals surface area contributed by atoms with Gasteiger partial charge in [0.1, 0.15) is 5.54 Å². The van der Waals surface area contributed by atoms with Gasteiger partial charge in [-0.3, -0.25) is 4.79 Å². The molecule has 0 bridgehead atoms. The molecule has 0 spiro atoms. The fourth-order valence-corrected chi connectivity index (χ4v) is 4.08. The Bertz CT molecular complexity index is 340. The predicted octanol–water partition coefficient (Wildman–Crippen LogP) is 2.87. The van der Waals surface area contributed by atoms with Gasteiger partial charge >= 0.3 is 5.97 Å². The number of carbonyl (C=O) groups is 1. The molecule has 2 fully saturated rings. The Hall–Kier alpha value is -0.610. The van der Waals surface area contributed by atoms with Crippen LogP contribution in [0.2, 0.25) is 0 Å². The van der Waals surface area contributed by atoms with E-state index < -0.39 is 11.5 Å². The Morgan fingerprint density at radius 2 is 2.00 bits per heavy atom. The lowest BCUT2D eigenvalue weighted by molar-refractivity contribution is -0.147. The van der Waals surface area contributed by atoms with Gasteiger partial charge in [-0.15, -0.1) is 0 Å². The number of carboxylic acid groups (broad SMARTS) is 1. The van der Waals surface area contributed by atoms with Crippen LogP contribution in [0, 0.1) is 5.92 Å². The minimum absolute atomic E-state index is 0.456. The monoisotopic (exact) mass is 296 g/mol. The number of likely N-dealkylation sites (tertiary alicyclic amines) is 1. The maximum atomic E-state index is 11.8. The largest absolute Gasteiger partial charge is 0.480 e. The van der Waals surface area contributed by atoms with Crippen molar-refractivity contribution >= 4 is 5.97 Å². The Morgan fingerprint density at radius 3 is 2.57 bits per heavy atom. The van der Waals surface area contributed by atoms with Gasteiger partial charge in [-0.25, -0.2) is 0 Å². The van der Waals surface area contributed by atoms with E-state index in [1.54, 1.807) is 0 Å². The molecule has 1 saturated carbocycles. The molecule has 122 valence electrons. The van der Waals surface area contributed by atoms with Crippen LogP contribution in [0.1, 0.15) is 65.2 Å². The summed E-state index contributed by atoms with van der Waals surface area (Å²) in [5.74, 6) is 0.233. The Kier molecular flexibility index (Phi) is 6.06. The van der Waals surface area contributed by atoms with Gasteiger partial charge in [0, 0.05) is 6.04 Å². The van der Waals surface area contributed by atoms with Gasteiger partial charge in [-0.2, -0.15) is 0 Å². The lowest BCUT2D eigenvalue weighted by Gasteiger charge is -2.45. The molecule has 1 saturated heterocycles. The van der Waals surface area contributed by atoms with Crippen LogP contribution in [0.25, 0.3) is 0 Å². The number of carboxylic acids is 1. The third-order valence-electron chi connectivity index (χ3n) is 5.59. The van der Waals surface area contributed by atoms with E-state index in [1.807, 2.05) is 0 Å². The van der Waals surface area contributed by atoms with Crippen LogP contribution in [-0.4, -0.2) is 47.2 Å². The van der Waals surface area contributed by atoms with Crippen molar-refractivity contribution in [2.24, 2.45) is 5.92 Å². The summed E-state index contributed by atoms with van der Waals surface area (Å²) < 4.78 is 0. The summed E-state index contributed by atoms with van der Waals surface area (Å²) >= 11 is 0. The molecule has 0 aromatic rings. The van der Waals surface area contributed by atoms with E-state index in [9.17, 15) is 9.90 Å². The molecule has 2 N–H and O–H groups in total. The maximum absolute atomic E-state index is 11.8. The Morgan fingerprint density at radius 1 is 1.29 bits per heavy atom. The third-order valence-corrected chi connectivity index (χ3v) is 5.59. The highest BCUT2D eigenvalue weighted by Crippen LogP contribution is 2.34. The molecule has 1 aliphatic heterocycles. The lowest BCUT2D eigenvalue weighted by Crippen LogP contribution is -2.59. The number of nitrogens with zero attached hydrogens (tertiary/aromatic N) is 1. The second kappa shape index (κ2) is 7.59. The Labute approximate surface area is 129 Å². The van der Waals surface area contributed by atoms with Crippen LogP contribution in [-0.2, 0) is 4.79 Å². The highest BCUT2D eigenvalue weighted by Gasteiger charge is 2.44. The molecule has 0 amide bonds. The molecule has 2 unspecified atom stereocenters. The zero-order valence-corrected chi connectivity index (χ0v) is 13.7. The summed E-state index contributed by atoms with van der Waals surface area (Å²) in [6, 6.07) is 0.456. The fourth-order valence-electron chi connectivity index (χ4n) is 4.08. The van der Waals surface area contributed by atoms with Crippen molar-refractivity contribution in [3.63, 3.8) is 0 Å². The standard InChI is InChI=1S/C17H32N2O2/c1-3-10-18-17(16(20)21)9-5-6-15(13-17)19-11-7-14(4-2)8-12-19/h14-15,18H,3-13H2,1-2H3,(H,20,21). The maximum Gasteiger partial charge on any atom is 0.323 e. The zero-order valence-electron chi connectivity index (χ0n) is 13.7. The van der Waals surface area contributed by atoms with Gasteiger partial charge in [-0.05, 0) is 70.5 Å². The first kappa shape index (κ1) is 16.8. The van der Waals surface area contributed by atoms with Gasteiger partial charge in [0.2, 0.25) is 0 Å². The lowest BCUT2D eigenvalue weighted by atomic mass is 9.77. The van der Waals surface area contributed by atoms with E-state index in [0.717, 1.165) is 51.2 Å². The van der Waals surface area contributed by atoms with Crippen LogP contribution in [0.4, 0.5) is 0 Å². The molecule has 4 heteroatoms. The van der Waals surface area contributed by atoms with E-state index in [1.165, 1.54) is 25.7 Å². The molecule has 2 aliphatic rings. The zero-order chi connectivity index (χ0) is 15.3. The van der Waals surface area contributed by atoms with Gasteiger partial charge < -0.3 is 15.3 Å². The van der Waals surface area contributed by atoms with Gasteiger partial charge in [0.05, 0.1) is 0 Å². The molecule has 1 aliphatic carbocycles. The molecule has 21 heavy (non-hydrogen) atoms. The number of nitrogens with one attached hydrogen (secondary N) is 1. The van der Waals surface area contributed by atoms with Crippen LogP contribution >= 0.6 is 0 Å². The number of piperidine rings is 1. The van der Waals surface area contributed by atoms with Gasteiger partial charge in [0.15, 0.2) is 0 Å². The van der Waals surface area contributed by atoms with E-state index in [0.29, 0.717) is 6.04 Å². The summed E-state index contributed by atoms with van der Waals surface area (Å²) in [5.41, 5.74) is -0.680. The van der Waals surface area contributed by atoms with Crippen molar-refractivity contribution in [3.05, 3.63) is 0 Å². The van der Waals surface area contributed by atoms with Crippen LogP contribution in [0.3, 0.4) is 0 Å². The number of hydrogen-bond acceptors (Lipinski definition) is 3. The molecule has 1 heterocycles. The minimum atomic E-state index is -0.680. The normalized spacial score (nSPS) is 32.2. The average Bonchev–Trinajstić information content (AvgIpc) is 2.53. The first-order valence-corrected chi connectivity index (χ1v) is 8.83. The average molecular weight is 296 g/mol. The Balaban J connectivity index is 1.97. The quantitative estimate of drug-likeness (QED) is 0.791. The van der Waals surface area contributed by atoms with Crippen molar-refractivity contribution < 1.29 is 9.90 Å². The molecular formula is C17H32N2O2. The molecule has 2 atom stereocenters. The molecule has 2 rings (SSSR count). The smallest absolute Gasteiger partial charge is 0.323 e. The van der Waals surface area contributed by atoms with E-state index in [4.69, 9.17) is 0 Å². The molecule has 4 nitrogen and oxygen atoms in total. The highest BCUT2D eigenvalue weighted by molar-refractivity contribution is 5.79. The van der Waals surface area contributed by atoms with E-state index in [-0.39, 0.29) is 0 Å². The molecule has 0 radical (unpaired) electrons. The van der Waals surface area contributed by atoms with Gasteiger partial charge in [0.25, 0.3) is 0 Å². The van der Waals surface area contributed by atoms with Crippen molar-refractivity contribution in [2.45, 2.75) is 76.8 Å².